The number of fused-ring (bicyclic) bond motifs is 9. The summed E-state index contributed by atoms with van der Waals surface area (Å²) in [6, 6.07) is 66.7. The molecule has 0 atom stereocenters. The third-order valence-electron chi connectivity index (χ3n) is 10.6. The zero-order valence-corrected chi connectivity index (χ0v) is 28.7. The maximum Gasteiger partial charge on any atom is 0.145 e. The Hall–Kier alpha value is -7.10. The summed E-state index contributed by atoms with van der Waals surface area (Å²) in [6.45, 7) is 0. The van der Waals surface area contributed by atoms with Gasteiger partial charge < -0.3 is 13.7 Å². The lowest BCUT2D eigenvalue weighted by molar-refractivity contribution is 0.670. The van der Waals surface area contributed by atoms with Crippen LogP contribution in [0.25, 0.3) is 87.7 Å². The highest BCUT2D eigenvalue weighted by atomic mass is 16.3. The van der Waals surface area contributed by atoms with Crippen molar-refractivity contribution in [2.24, 2.45) is 0 Å². The van der Waals surface area contributed by atoms with E-state index in [0.29, 0.717) is 0 Å². The minimum Gasteiger partial charge on any atom is -0.455 e. The molecule has 248 valence electrons. The Morgan fingerprint density at radius 1 is 0.340 bits per heavy atom. The molecule has 0 saturated carbocycles. The standard InChI is InChI=1S/C50H31NO2/c1-2-17-35(18-3-1)51(45-31-34-14-4-5-19-36(34)39-20-6-7-21-40(39)45)44-29-28-38(50-48(44)43-23-9-11-27-47(43)53-50)33-16-12-15-32(30-33)37-24-13-25-42-41-22-8-10-26-46(41)52-49(37)42/h1-31H. The van der Waals surface area contributed by atoms with Gasteiger partial charge in [-0.1, -0.05) is 140 Å². The van der Waals surface area contributed by atoms with E-state index in [1.54, 1.807) is 0 Å². The summed E-state index contributed by atoms with van der Waals surface area (Å²) in [5.41, 5.74) is 11.0. The first-order valence-electron chi connectivity index (χ1n) is 18.0. The maximum atomic E-state index is 6.87. The van der Waals surface area contributed by atoms with E-state index in [2.05, 4.69) is 175 Å². The summed E-state index contributed by atoms with van der Waals surface area (Å²) >= 11 is 0. The average molecular weight is 678 g/mol. The summed E-state index contributed by atoms with van der Waals surface area (Å²) in [6.07, 6.45) is 0. The summed E-state index contributed by atoms with van der Waals surface area (Å²) in [4.78, 5) is 2.40. The number of benzene rings is 9. The second-order valence-corrected chi connectivity index (χ2v) is 13.6. The average Bonchev–Trinajstić information content (AvgIpc) is 3.81. The summed E-state index contributed by atoms with van der Waals surface area (Å²) in [5.74, 6) is 0. The van der Waals surface area contributed by atoms with Crippen molar-refractivity contribution in [3.8, 4) is 22.3 Å². The molecule has 0 unspecified atom stereocenters. The molecule has 0 amide bonds. The number of hydrogen-bond acceptors (Lipinski definition) is 3. The lowest BCUT2D eigenvalue weighted by Crippen LogP contribution is -2.11. The molecule has 0 aliphatic rings. The predicted molar refractivity (Wildman–Crippen MR) is 222 cm³/mol. The third-order valence-corrected chi connectivity index (χ3v) is 10.6. The fourth-order valence-electron chi connectivity index (χ4n) is 8.26. The number of para-hydroxylation sites is 4. The lowest BCUT2D eigenvalue weighted by Gasteiger charge is -2.28. The van der Waals surface area contributed by atoms with Crippen molar-refractivity contribution in [2.45, 2.75) is 0 Å². The van der Waals surface area contributed by atoms with Gasteiger partial charge in [-0.25, -0.2) is 0 Å². The second-order valence-electron chi connectivity index (χ2n) is 13.6. The fraction of sp³-hybridized carbons (Fsp3) is 0. The Morgan fingerprint density at radius 2 is 0.925 bits per heavy atom. The Balaban J connectivity index is 1.17. The summed E-state index contributed by atoms with van der Waals surface area (Å²) in [5, 5.41) is 9.25. The van der Waals surface area contributed by atoms with Crippen LogP contribution >= 0.6 is 0 Å². The number of anilines is 3. The van der Waals surface area contributed by atoms with Crippen LogP contribution in [0.2, 0.25) is 0 Å². The molecule has 0 aliphatic carbocycles. The molecule has 0 spiro atoms. The van der Waals surface area contributed by atoms with Gasteiger partial charge in [0.05, 0.1) is 16.8 Å². The molecule has 9 aromatic carbocycles. The quantitative estimate of drug-likeness (QED) is 0.170. The van der Waals surface area contributed by atoms with E-state index >= 15 is 0 Å². The topological polar surface area (TPSA) is 29.5 Å². The largest absolute Gasteiger partial charge is 0.455 e. The number of hydrogen-bond donors (Lipinski definition) is 0. The van der Waals surface area contributed by atoms with E-state index in [0.717, 1.165) is 83.2 Å². The molecule has 2 heterocycles. The van der Waals surface area contributed by atoms with E-state index < -0.39 is 0 Å². The van der Waals surface area contributed by atoms with Gasteiger partial charge >= 0.3 is 0 Å². The Morgan fingerprint density at radius 3 is 1.74 bits per heavy atom. The summed E-state index contributed by atoms with van der Waals surface area (Å²) < 4.78 is 13.3. The van der Waals surface area contributed by atoms with Gasteiger partial charge in [0.15, 0.2) is 0 Å². The molecule has 3 heteroatoms. The van der Waals surface area contributed by atoms with Gasteiger partial charge in [0.2, 0.25) is 0 Å². The molecule has 11 rings (SSSR count). The van der Waals surface area contributed by atoms with Crippen molar-refractivity contribution in [1.82, 2.24) is 0 Å². The number of rotatable bonds is 5. The van der Waals surface area contributed by atoms with Crippen LogP contribution in [0.4, 0.5) is 17.1 Å². The second kappa shape index (κ2) is 11.7. The van der Waals surface area contributed by atoms with Crippen LogP contribution in [0.1, 0.15) is 0 Å². The van der Waals surface area contributed by atoms with Crippen molar-refractivity contribution in [3.05, 3.63) is 188 Å². The zero-order valence-electron chi connectivity index (χ0n) is 28.7. The van der Waals surface area contributed by atoms with Gasteiger partial charge in [-0.2, -0.15) is 0 Å². The van der Waals surface area contributed by atoms with Gasteiger partial charge in [-0.05, 0) is 75.8 Å². The van der Waals surface area contributed by atoms with Crippen LogP contribution in [0.15, 0.2) is 197 Å². The SMILES string of the molecule is c1ccc(N(c2cc3ccccc3c3ccccc23)c2ccc(-c3cccc(-c4cccc5c4oc4ccccc45)c3)c3oc4ccccc4c23)cc1. The van der Waals surface area contributed by atoms with Crippen molar-refractivity contribution in [1.29, 1.82) is 0 Å². The van der Waals surface area contributed by atoms with Crippen LogP contribution < -0.4 is 4.90 Å². The van der Waals surface area contributed by atoms with Crippen LogP contribution in [-0.2, 0) is 0 Å². The van der Waals surface area contributed by atoms with Crippen molar-refractivity contribution >= 4 is 82.5 Å². The molecular formula is C50H31NO2. The zero-order chi connectivity index (χ0) is 34.9. The Labute approximate surface area is 305 Å². The van der Waals surface area contributed by atoms with Gasteiger partial charge in [-0.15, -0.1) is 0 Å². The van der Waals surface area contributed by atoms with E-state index in [-0.39, 0.29) is 0 Å². The first-order chi connectivity index (χ1) is 26.3. The highest BCUT2D eigenvalue weighted by Gasteiger charge is 2.24. The Kier molecular flexibility index (Phi) is 6.55. The minimum atomic E-state index is 0.855. The van der Waals surface area contributed by atoms with Gasteiger partial charge in [0, 0.05) is 38.4 Å². The maximum absolute atomic E-state index is 6.87. The first-order valence-corrected chi connectivity index (χ1v) is 18.0. The number of nitrogens with zero attached hydrogens (tertiary/aromatic N) is 1. The molecule has 0 fully saturated rings. The van der Waals surface area contributed by atoms with Gasteiger partial charge in [0.25, 0.3) is 0 Å². The first kappa shape index (κ1) is 29.6. The van der Waals surface area contributed by atoms with Crippen LogP contribution in [0.5, 0.6) is 0 Å². The normalized spacial score (nSPS) is 11.8. The van der Waals surface area contributed by atoms with E-state index in [4.69, 9.17) is 8.83 Å². The van der Waals surface area contributed by atoms with Crippen LogP contribution in [-0.4, -0.2) is 0 Å². The molecule has 0 N–H and O–H groups in total. The molecule has 0 aliphatic heterocycles. The Bertz CT molecular complexity index is 3190. The molecule has 0 bridgehead atoms. The van der Waals surface area contributed by atoms with Crippen LogP contribution in [0.3, 0.4) is 0 Å². The number of furan rings is 2. The molecule has 11 aromatic rings. The third kappa shape index (κ3) is 4.61. The summed E-state index contributed by atoms with van der Waals surface area (Å²) in [7, 11) is 0. The van der Waals surface area contributed by atoms with Gasteiger partial charge in [-0.3, -0.25) is 0 Å². The molecule has 0 saturated heterocycles. The van der Waals surface area contributed by atoms with Crippen molar-refractivity contribution in [3.63, 3.8) is 0 Å². The van der Waals surface area contributed by atoms with Crippen LogP contribution in [0, 0.1) is 0 Å². The molecular weight excluding hydrogens is 647 g/mol. The smallest absolute Gasteiger partial charge is 0.145 e. The lowest BCUT2D eigenvalue weighted by atomic mass is 9.95. The molecule has 2 aromatic heterocycles. The van der Waals surface area contributed by atoms with Crippen molar-refractivity contribution < 1.29 is 8.83 Å². The molecule has 53 heavy (non-hydrogen) atoms. The van der Waals surface area contributed by atoms with E-state index in [1.165, 1.54) is 21.5 Å². The predicted octanol–water partition coefficient (Wildman–Crippen LogP) is 14.6. The van der Waals surface area contributed by atoms with Gasteiger partial charge in [0.1, 0.15) is 22.3 Å². The highest BCUT2D eigenvalue weighted by molar-refractivity contribution is 6.20. The monoisotopic (exact) mass is 677 g/mol. The van der Waals surface area contributed by atoms with Crippen molar-refractivity contribution in [2.75, 3.05) is 4.90 Å². The molecule has 0 radical (unpaired) electrons. The molecule has 3 nitrogen and oxygen atoms in total. The minimum absolute atomic E-state index is 0.855. The van der Waals surface area contributed by atoms with E-state index in [9.17, 15) is 0 Å². The van der Waals surface area contributed by atoms with E-state index in [1.807, 2.05) is 18.2 Å². The fourth-order valence-corrected chi connectivity index (χ4v) is 8.26. The highest BCUT2D eigenvalue weighted by Crippen LogP contribution is 2.49.